The highest BCUT2D eigenvalue weighted by Gasteiger charge is 2.27. The van der Waals surface area contributed by atoms with Crippen molar-refractivity contribution in [1.82, 2.24) is 14.5 Å². The van der Waals surface area contributed by atoms with Gasteiger partial charge >= 0.3 is 0 Å². The van der Waals surface area contributed by atoms with Gasteiger partial charge in [-0.1, -0.05) is 29.8 Å². The zero-order valence-electron chi connectivity index (χ0n) is 15.7. The second kappa shape index (κ2) is 8.15. The molecule has 2 aromatic heterocycles. The molecule has 0 aliphatic rings. The number of anilines is 1. The largest absolute Gasteiger partial charge is 0.366 e. The molecule has 9 nitrogen and oxygen atoms in total. The summed E-state index contributed by atoms with van der Waals surface area (Å²) in [7, 11) is -2.46. The third-order valence-electron chi connectivity index (χ3n) is 4.13. The smallest absolute Gasteiger partial charge is 0.276 e. The Morgan fingerprint density at radius 2 is 1.93 bits per heavy atom. The number of nitrogens with zero attached hydrogens (tertiary/aromatic N) is 2. The Labute approximate surface area is 171 Å². The molecule has 0 aliphatic heterocycles. The van der Waals surface area contributed by atoms with Crippen LogP contribution in [0.2, 0.25) is 0 Å². The molecule has 0 radical (unpaired) electrons. The fraction of sp³-hybridized carbons (Fsp3) is 0.167. The Balaban J connectivity index is 1.87. The van der Waals surface area contributed by atoms with Gasteiger partial charge in [0.05, 0.1) is 5.56 Å². The van der Waals surface area contributed by atoms with E-state index in [9.17, 15) is 18.0 Å². The number of nitrogens with two attached hydrogens (primary N) is 1. The number of aromatic nitrogens is 2. The van der Waals surface area contributed by atoms with Crippen molar-refractivity contribution in [2.45, 2.75) is 17.7 Å². The third-order valence-corrected chi connectivity index (χ3v) is 7.43. The number of rotatable bonds is 7. The van der Waals surface area contributed by atoms with Crippen molar-refractivity contribution < 1.29 is 18.0 Å². The van der Waals surface area contributed by atoms with Crippen molar-refractivity contribution in [3.63, 3.8) is 0 Å². The number of hydrogen-bond donors (Lipinski definition) is 3. The summed E-state index contributed by atoms with van der Waals surface area (Å²) in [5.74, 6) is -1.44. The number of hydrogen-bond acceptors (Lipinski definition) is 6. The summed E-state index contributed by atoms with van der Waals surface area (Å²) in [5, 5.41) is 8.80. The van der Waals surface area contributed by atoms with Crippen LogP contribution in [0, 0.1) is 6.92 Å². The normalized spacial score (nSPS) is 11.6. The fourth-order valence-electron chi connectivity index (χ4n) is 2.51. The number of carbonyl (C=O) groups is 2. The lowest BCUT2D eigenvalue weighted by Crippen LogP contribution is -2.25. The van der Waals surface area contributed by atoms with Crippen LogP contribution in [0.15, 0.2) is 46.8 Å². The van der Waals surface area contributed by atoms with Gasteiger partial charge in [0.1, 0.15) is 14.9 Å². The molecule has 1 aromatic carbocycles. The van der Waals surface area contributed by atoms with E-state index in [1.165, 1.54) is 29.7 Å². The van der Waals surface area contributed by atoms with E-state index in [0.29, 0.717) is 0 Å². The molecule has 0 saturated heterocycles. The number of benzene rings is 1. The number of nitrogens with one attached hydrogen (secondary N) is 2. The van der Waals surface area contributed by atoms with E-state index in [1.807, 2.05) is 31.2 Å². The van der Waals surface area contributed by atoms with Crippen LogP contribution in [0.4, 0.5) is 5.00 Å². The minimum Gasteiger partial charge on any atom is -0.366 e. The summed E-state index contributed by atoms with van der Waals surface area (Å²) < 4.78 is 27.0. The topological polar surface area (TPSA) is 138 Å². The highest BCUT2D eigenvalue weighted by Crippen LogP contribution is 2.33. The zero-order valence-corrected chi connectivity index (χ0v) is 17.3. The third kappa shape index (κ3) is 4.53. The molecule has 4 N–H and O–H groups in total. The molecule has 152 valence electrons. The van der Waals surface area contributed by atoms with Gasteiger partial charge in [-0.05, 0) is 24.6 Å². The number of aromatic amines is 1. The van der Waals surface area contributed by atoms with E-state index in [4.69, 9.17) is 5.73 Å². The van der Waals surface area contributed by atoms with E-state index in [-0.39, 0.29) is 27.0 Å². The Morgan fingerprint density at radius 1 is 1.24 bits per heavy atom. The molecular weight excluding hydrogens is 414 g/mol. The van der Waals surface area contributed by atoms with Crippen molar-refractivity contribution >= 4 is 38.2 Å². The first-order valence-corrected chi connectivity index (χ1v) is 10.7. The predicted molar refractivity (Wildman–Crippen MR) is 109 cm³/mol. The van der Waals surface area contributed by atoms with Crippen LogP contribution in [0.3, 0.4) is 0 Å². The van der Waals surface area contributed by atoms with Crippen molar-refractivity contribution in [3.8, 4) is 0 Å². The van der Waals surface area contributed by atoms with Gasteiger partial charge in [-0.15, -0.1) is 11.3 Å². The van der Waals surface area contributed by atoms with Crippen LogP contribution >= 0.6 is 11.3 Å². The molecule has 3 aromatic rings. The Bertz CT molecular complexity index is 1140. The summed E-state index contributed by atoms with van der Waals surface area (Å²) in [6, 6.07) is 10.1. The van der Waals surface area contributed by atoms with Crippen molar-refractivity contribution in [2.75, 3.05) is 12.4 Å². The zero-order chi connectivity index (χ0) is 21.2. The summed E-state index contributed by atoms with van der Waals surface area (Å²) in [6.45, 7) is 2.10. The number of primary amides is 1. The van der Waals surface area contributed by atoms with Gasteiger partial charge < -0.3 is 11.1 Å². The predicted octanol–water partition coefficient (Wildman–Crippen LogP) is 1.95. The van der Waals surface area contributed by atoms with Crippen LogP contribution < -0.4 is 11.1 Å². The molecule has 0 saturated carbocycles. The van der Waals surface area contributed by atoms with Gasteiger partial charge in [0.15, 0.2) is 0 Å². The second-order valence-electron chi connectivity index (χ2n) is 6.33. The molecule has 2 heterocycles. The van der Waals surface area contributed by atoms with Gasteiger partial charge in [0, 0.05) is 19.8 Å². The van der Waals surface area contributed by atoms with Crippen LogP contribution in [0.1, 0.15) is 32.0 Å². The molecule has 11 heteroatoms. The molecular formula is C18H19N5O4S2. The van der Waals surface area contributed by atoms with Gasteiger partial charge in [0.25, 0.3) is 21.8 Å². The maximum Gasteiger partial charge on any atom is 0.276 e. The lowest BCUT2D eigenvalue weighted by Gasteiger charge is -2.16. The lowest BCUT2D eigenvalue weighted by molar-refractivity contribution is 0.100. The van der Waals surface area contributed by atoms with Gasteiger partial charge in [-0.3, -0.25) is 14.7 Å². The molecule has 0 atom stereocenters. The average Bonchev–Trinajstić information content (AvgIpc) is 3.33. The first kappa shape index (κ1) is 20.7. The summed E-state index contributed by atoms with van der Waals surface area (Å²) in [4.78, 5) is 24.0. The van der Waals surface area contributed by atoms with Crippen LogP contribution in [0.25, 0.3) is 0 Å². The quantitative estimate of drug-likeness (QED) is 0.523. The molecule has 0 aliphatic carbocycles. The van der Waals surface area contributed by atoms with E-state index >= 15 is 0 Å². The van der Waals surface area contributed by atoms with E-state index < -0.39 is 21.8 Å². The molecule has 0 spiro atoms. The fourth-order valence-corrected chi connectivity index (χ4v) is 5.25. The highest BCUT2D eigenvalue weighted by atomic mass is 32.2. The average molecular weight is 434 g/mol. The molecule has 0 unspecified atom stereocenters. The van der Waals surface area contributed by atoms with E-state index in [1.54, 1.807) is 0 Å². The van der Waals surface area contributed by atoms with Crippen molar-refractivity contribution in [3.05, 3.63) is 65.0 Å². The first-order chi connectivity index (χ1) is 13.7. The van der Waals surface area contributed by atoms with E-state index in [2.05, 4.69) is 15.5 Å². The van der Waals surface area contributed by atoms with Crippen LogP contribution in [-0.4, -0.2) is 41.8 Å². The Morgan fingerprint density at radius 3 is 2.52 bits per heavy atom. The molecule has 0 bridgehead atoms. The van der Waals surface area contributed by atoms with Crippen LogP contribution in [-0.2, 0) is 16.6 Å². The van der Waals surface area contributed by atoms with Gasteiger partial charge in [0.2, 0.25) is 0 Å². The monoisotopic (exact) mass is 433 g/mol. The van der Waals surface area contributed by atoms with Crippen LogP contribution in [0.5, 0.6) is 0 Å². The van der Waals surface area contributed by atoms with Crippen molar-refractivity contribution in [2.24, 2.45) is 5.73 Å². The molecule has 3 rings (SSSR count). The maximum atomic E-state index is 13.0. The van der Waals surface area contributed by atoms with Crippen molar-refractivity contribution in [1.29, 1.82) is 0 Å². The minimum atomic E-state index is -3.90. The number of H-pyrrole nitrogens is 1. The SMILES string of the molecule is Cc1ccc(CN(C)S(=O)(=O)c2cc(C(N)=O)c(NC(=O)c3cc[nH]n3)s2)cc1. The number of carbonyl (C=O) groups excluding carboxylic acids is 2. The second-order valence-corrected chi connectivity index (χ2v) is 9.66. The molecule has 0 fully saturated rings. The highest BCUT2D eigenvalue weighted by molar-refractivity contribution is 7.91. The number of amides is 2. The Kier molecular flexibility index (Phi) is 5.82. The maximum absolute atomic E-state index is 13.0. The van der Waals surface area contributed by atoms with Gasteiger partial charge in [-0.2, -0.15) is 9.40 Å². The minimum absolute atomic E-state index is 0.0489. The molecule has 29 heavy (non-hydrogen) atoms. The summed E-state index contributed by atoms with van der Waals surface area (Å²) >= 11 is 0.761. The molecule has 2 amide bonds. The number of sulfonamides is 1. The summed E-state index contributed by atoms with van der Waals surface area (Å²) in [5.41, 5.74) is 7.27. The lowest BCUT2D eigenvalue weighted by atomic mass is 10.1. The van der Waals surface area contributed by atoms with Gasteiger partial charge in [-0.25, -0.2) is 8.42 Å². The number of thiophene rings is 1. The van der Waals surface area contributed by atoms with E-state index in [0.717, 1.165) is 22.5 Å². The first-order valence-electron chi connectivity index (χ1n) is 8.45. The standard InChI is InChI=1S/C18H19N5O4S2/c1-11-3-5-12(6-4-11)10-23(2)29(26,27)15-9-13(16(19)24)18(28-15)21-17(25)14-7-8-20-22-14/h3-9H,10H2,1-2H3,(H2,19,24)(H,20,22)(H,21,25). The summed E-state index contributed by atoms with van der Waals surface area (Å²) in [6.07, 6.45) is 1.47. The Hall–Kier alpha value is -3.02. The number of aryl methyl sites for hydroxylation is 1.